The quantitative estimate of drug-likeness (QED) is 0.389. The number of thiazole rings is 1. The molecule has 0 bridgehead atoms. The van der Waals surface area contributed by atoms with Crippen molar-refractivity contribution in [1.29, 1.82) is 0 Å². The molecule has 1 aliphatic heterocycles. The number of anilines is 1. The predicted molar refractivity (Wildman–Crippen MR) is 126 cm³/mol. The Balaban J connectivity index is 1.40. The van der Waals surface area contributed by atoms with Crippen LogP contribution in [-0.4, -0.2) is 46.5 Å². The lowest BCUT2D eigenvalue weighted by Crippen LogP contribution is -2.43. The molecule has 1 fully saturated rings. The first-order valence-corrected chi connectivity index (χ1v) is 11.4. The Labute approximate surface area is 199 Å². The van der Waals surface area contributed by atoms with E-state index in [1.54, 1.807) is 11.4 Å². The number of nitro groups is 1. The molecule has 11 heteroatoms. The summed E-state index contributed by atoms with van der Waals surface area (Å²) in [5, 5.41) is 16.1. The predicted octanol–water partition coefficient (Wildman–Crippen LogP) is 4.47. The second-order valence-corrected chi connectivity index (χ2v) is 8.42. The number of likely N-dealkylation sites (tertiary alicyclic amines) is 1. The summed E-state index contributed by atoms with van der Waals surface area (Å²) in [6.45, 7) is 0.568. The number of nitrogens with one attached hydrogen (secondary N) is 1. The third-order valence-corrected chi connectivity index (χ3v) is 6.16. The zero-order valence-electron chi connectivity index (χ0n) is 18.3. The fraction of sp³-hybridized carbons (Fsp3) is 0.261. The van der Waals surface area contributed by atoms with Crippen molar-refractivity contribution >= 4 is 34.2 Å². The summed E-state index contributed by atoms with van der Waals surface area (Å²) in [5.74, 6) is -0.200. The third kappa shape index (κ3) is 5.15. The van der Waals surface area contributed by atoms with Crippen LogP contribution in [0.15, 0.2) is 53.9 Å². The number of aromatic nitrogens is 1. The van der Waals surface area contributed by atoms with Gasteiger partial charge in [0.1, 0.15) is 12.6 Å². The van der Waals surface area contributed by atoms with E-state index in [4.69, 9.17) is 9.47 Å². The smallest absolute Gasteiger partial charge is 0.410 e. The fourth-order valence-electron chi connectivity index (χ4n) is 3.70. The second-order valence-electron chi connectivity index (χ2n) is 7.56. The minimum absolute atomic E-state index is 0.133. The third-order valence-electron chi connectivity index (χ3n) is 5.40. The molecule has 0 unspecified atom stereocenters. The van der Waals surface area contributed by atoms with Crippen molar-refractivity contribution in [3.63, 3.8) is 0 Å². The standard InChI is InChI=1S/C23H22N4O6S/c1-32-20-10-9-16(12-19(20)27(30)31)17-14-34-22(24-17)25-21(28)18-8-5-11-26(18)23(29)33-13-15-6-3-2-4-7-15/h2-4,6-7,9-10,12,14,18H,5,8,11,13H2,1H3,(H,24,25,28)/t18-/m0/s1. The number of rotatable bonds is 7. The van der Waals surface area contributed by atoms with Crippen molar-refractivity contribution in [2.45, 2.75) is 25.5 Å². The lowest BCUT2D eigenvalue weighted by molar-refractivity contribution is -0.385. The molecule has 2 aromatic carbocycles. The van der Waals surface area contributed by atoms with Gasteiger partial charge in [0.2, 0.25) is 5.91 Å². The number of hydrogen-bond acceptors (Lipinski definition) is 8. The monoisotopic (exact) mass is 482 g/mol. The van der Waals surface area contributed by atoms with E-state index < -0.39 is 17.1 Å². The number of benzene rings is 2. The Morgan fingerprint density at radius 2 is 2.06 bits per heavy atom. The average Bonchev–Trinajstić information content (AvgIpc) is 3.53. The SMILES string of the molecule is COc1ccc(-c2csc(NC(=O)[C@@H]3CCCN3C(=O)OCc3ccccc3)n2)cc1[N+](=O)[O-]. The maximum absolute atomic E-state index is 12.9. The molecule has 1 atom stereocenters. The molecule has 1 N–H and O–H groups in total. The molecule has 10 nitrogen and oxygen atoms in total. The van der Waals surface area contributed by atoms with E-state index in [0.29, 0.717) is 35.8 Å². The molecule has 2 heterocycles. The molecule has 34 heavy (non-hydrogen) atoms. The number of amides is 2. The van der Waals surface area contributed by atoms with Gasteiger partial charge in [-0.15, -0.1) is 11.3 Å². The van der Waals surface area contributed by atoms with Crippen molar-refractivity contribution in [2.75, 3.05) is 19.0 Å². The lowest BCUT2D eigenvalue weighted by Gasteiger charge is -2.22. The van der Waals surface area contributed by atoms with Gasteiger partial charge in [0.15, 0.2) is 10.9 Å². The maximum atomic E-state index is 12.9. The van der Waals surface area contributed by atoms with Gasteiger partial charge in [0.25, 0.3) is 0 Å². The van der Waals surface area contributed by atoms with Crippen molar-refractivity contribution in [1.82, 2.24) is 9.88 Å². The van der Waals surface area contributed by atoms with E-state index >= 15 is 0 Å². The first-order chi connectivity index (χ1) is 16.5. The molecule has 0 aliphatic carbocycles. The van der Waals surface area contributed by atoms with Gasteiger partial charge in [-0.2, -0.15) is 0 Å². The summed E-state index contributed by atoms with van der Waals surface area (Å²) < 4.78 is 10.4. The largest absolute Gasteiger partial charge is 0.490 e. The lowest BCUT2D eigenvalue weighted by atomic mass is 10.1. The Bertz CT molecular complexity index is 1200. The zero-order valence-corrected chi connectivity index (χ0v) is 19.1. The Morgan fingerprint density at radius 1 is 1.26 bits per heavy atom. The maximum Gasteiger partial charge on any atom is 0.410 e. The molecule has 0 radical (unpaired) electrons. The van der Waals surface area contributed by atoms with Crippen LogP contribution < -0.4 is 10.1 Å². The highest BCUT2D eigenvalue weighted by Crippen LogP contribution is 2.33. The van der Waals surface area contributed by atoms with Gasteiger partial charge in [-0.05, 0) is 30.5 Å². The van der Waals surface area contributed by atoms with Crippen molar-refractivity contribution in [3.8, 4) is 17.0 Å². The Morgan fingerprint density at radius 3 is 2.79 bits per heavy atom. The van der Waals surface area contributed by atoms with Crippen LogP contribution in [0.2, 0.25) is 0 Å². The molecule has 1 aliphatic rings. The Kier molecular flexibility index (Phi) is 7.02. The summed E-state index contributed by atoms with van der Waals surface area (Å²) in [6.07, 6.45) is 0.679. The van der Waals surface area contributed by atoms with Crippen LogP contribution in [0.4, 0.5) is 15.6 Å². The number of carbonyl (C=O) groups is 2. The highest BCUT2D eigenvalue weighted by molar-refractivity contribution is 7.14. The zero-order chi connectivity index (χ0) is 24.1. The van der Waals surface area contributed by atoms with Crippen LogP contribution in [0, 0.1) is 10.1 Å². The average molecular weight is 483 g/mol. The highest BCUT2D eigenvalue weighted by Gasteiger charge is 2.35. The number of nitro benzene ring substituents is 1. The molecule has 3 aromatic rings. The molecule has 2 amide bonds. The van der Waals surface area contributed by atoms with E-state index in [2.05, 4.69) is 10.3 Å². The second kappa shape index (κ2) is 10.3. The van der Waals surface area contributed by atoms with Crippen LogP contribution in [0.5, 0.6) is 5.75 Å². The first-order valence-electron chi connectivity index (χ1n) is 10.5. The number of nitrogens with zero attached hydrogens (tertiary/aromatic N) is 3. The summed E-state index contributed by atoms with van der Waals surface area (Å²) in [6, 6.07) is 13.2. The van der Waals surface area contributed by atoms with Crippen LogP contribution in [0.25, 0.3) is 11.3 Å². The van der Waals surface area contributed by atoms with Crippen molar-refractivity contribution < 1.29 is 24.0 Å². The van der Waals surface area contributed by atoms with E-state index in [9.17, 15) is 19.7 Å². The van der Waals surface area contributed by atoms with E-state index in [1.165, 1.54) is 35.5 Å². The fourth-order valence-corrected chi connectivity index (χ4v) is 4.43. The van der Waals surface area contributed by atoms with Gasteiger partial charge >= 0.3 is 11.8 Å². The highest BCUT2D eigenvalue weighted by atomic mass is 32.1. The van der Waals surface area contributed by atoms with Gasteiger partial charge in [0.05, 0.1) is 17.7 Å². The molecular formula is C23H22N4O6S. The molecule has 0 saturated carbocycles. The molecule has 0 spiro atoms. The minimum Gasteiger partial charge on any atom is -0.490 e. The van der Waals surface area contributed by atoms with Crippen LogP contribution in [0.3, 0.4) is 0 Å². The van der Waals surface area contributed by atoms with Crippen molar-refractivity contribution in [3.05, 3.63) is 69.6 Å². The van der Waals surface area contributed by atoms with Gasteiger partial charge in [0, 0.05) is 23.6 Å². The molecular weight excluding hydrogens is 460 g/mol. The first kappa shape index (κ1) is 23.2. The summed E-state index contributed by atoms with van der Waals surface area (Å²) >= 11 is 1.19. The molecule has 4 rings (SSSR count). The van der Waals surface area contributed by atoms with Gasteiger partial charge < -0.3 is 14.8 Å². The van der Waals surface area contributed by atoms with E-state index in [0.717, 1.165) is 5.56 Å². The van der Waals surface area contributed by atoms with Crippen LogP contribution in [0.1, 0.15) is 18.4 Å². The normalized spacial score (nSPS) is 15.1. The summed E-state index contributed by atoms with van der Waals surface area (Å²) in [7, 11) is 1.36. The van der Waals surface area contributed by atoms with Gasteiger partial charge in [-0.1, -0.05) is 30.3 Å². The van der Waals surface area contributed by atoms with Gasteiger partial charge in [-0.3, -0.25) is 19.8 Å². The molecule has 1 saturated heterocycles. The number of hydrogen-bond donors (Lipinski definition) is 1. The summed E-state index contributed by atoms with van der Waals surface area (Å²) in [4.78, 5) is 42.0. The van der Waals surface area contributed by atoms with E-state index in [-0.39, 0.29) is 24.0 Å². The number of ether oxygens (including phenoxy) is 2. The topological polar surface area (TPSA) is 124 Å². The van der Waals surface area contributed by atoms with Crippen LogP contribution >= 0.6 is 11.3 Å². The van der Waals surface area contributed by atoms with Crippen molar-refractivity contribution in [2.24, 2.45) is 0 Å². The molecule has 1 aromatic heterocycles. The minimum atomic E-state index is -0.655. The van der Waals surface area contributed by atoms with Gasteiger partial charge in [-0.25, -0.2) is 9.78 Å². The number of methoxy groups -OCH3 is 1. The summed E-state index contributed by atoms with van der Waals surface area (Å²) in [5.41, 5.74) is 1.70. The number of carbonyl (C=O) groups excluding carboxylic acids is 2. The molecule has 176 valence electrons. The Hall–Kier alpha value is -3.99. The van der Waals surface area contributed by atoms with Crippen LogP contribution in [-0.2, 0) is 16.1 Å². The van der Waals surface area contributed by atoms with E-state index in [1.807, 2.05) is 30.3 Å².